The number of rotatable bonds is 1. The highest BCUT2D eigenvalue weighted by atomic mass is 16.6. The fraction of sp³-hybridized carbons (Fsp3) is 0.529. The standard InChI is InChI=1S/C17H22O4/c1-10-6-5-7-11(2)15(20-13(4)18)9-14-12(3)17(19)21-16(14)8-10/h7-8,14-16H,3,5-6,9H2,1-2,4H3/b10-8+,11-7+/t14-,15-,16+/m0/s1. The number of carbonyl (C=O) groups excluding carboxylic acids is 2. The van der Waals surface area contributed by atoms with Crippen molar-refractivity contribution >= 4 is 11.9 Å². The summed E-state index contributed by atoms with van der Waals surface area (Å²) in [6, 6.07) is 0. The minimum atomic E-state index is -0.350. The molecule has 0 saturated carbocycles. The summed E-state index contributed by atoms with van der Waals surface area (Å²) >= 11 is 0. The molecule has 0 aromatic rings. The third-order valence-electron chi connectivity index (χ3n) is 4.09. The lowest BCUT2D eigenvalue weighted by Crippen LogP contribution is -2.26. The van der Waals surface area contributed by atoms with Gasteiger partial charge in [0.2, 0.25) is 0 Å². The van der Waals surface area contributed by atoms with Crippen LogP contribution in [0.4, 0.5) is 0 Å². The Kier molecular flexibility index (Phi) is 4.66. The van der Waals surface area contributed by atoms with Crippen LogP contribution in [0.5, 0.6) is 0 Å². The molecule has 1 aliphatic carbocycles. The van der Waals surface area contributed by atoms with Gasteiger partial charge in [-0.2, -0.15) is 0 Å². The van der Waals surface area contributed by atoms with Crippen LogP contribution >= 0.6 is 0 Å². The first-order valence-corrected chi connectivity index (χ1v) is 7.29. The van der Waals surface area contributed by atoms with E-state index in [1.165, 1.54) is 12.5 Å². The Morgan fingerprint density at radius 1 is 1.43 bits per heavy atom. The Labute approximate surface area is 125 Å². The molecule has 0 unspecified atom stereocenters. The lowest BCUT2D eigenvalue weighted by Gasteiger charge is -2.24. The molecule has 0 N–H and O–H groups in total. The maximum absolute atomic E-state index is 11.8. The van der Waals surface area contributed by atoms with Crippen molar-refractivity contribution in [3.8, 4) is 0 Å². The summed E-state index contributed by atoms with van der Waals surface area (Å²) in [6.45, 7) is 9.25. The maximum Gasteiger partial charge on any atom is 0.334 e. The first-order chi connectivity index (χ1) is 9.88. The van der Waals surface area contributed by atoms with Crippen molar-refractivity contribution in [3.05, 3.63) is 35.5 Å². The summed E-state index contributed by atoms with van der Waals surface area (Å²) in [7, 11) is 0. The number of hydrogen-bond donors (Lipinski definition) is 0. The van der Waals surface area contributed by atoms with Crippen LogP contribution in [0, 0.1) is 5.92 Å². The van der Waals surface area contributed by atoms with Crippen molar-refractivity contribution in [2.45, 2.75) is 52.2 Å². The molecule has 0 bridgehead atoms. The summed E-state index contributed by atoms with van der Waals surface area (Å²) in [5.41, 5.74) is 2.68. The Hall–Kier alpha value is -1.84. The first kappa shape index (κ1) is 15.5. The molecule has 0 spiro atoms. The highest BCUT2D eigenvalue weighted by Crippen LogP contribution is 2.35. The molecule has 2 aliphatic rings. The molecular formula is C17H22O4. The Bertz CT molecular complexity index is 527. The monoisotopic (exact) mass is 290 g/mol. The minimum absolute atomic E-state index is 0.141. The Morgan fingerprint density at radius 3 is 2.81 bits per heavy atom. The summed E-state index contributed by atoms with van der Waals surface area (Å²) in [5, 5.41) is 0. The Morgan fingerprint density at radius 2 is 2.14 bits per heavy atom. The van der Waals surface area contributed by atoms with Gasteiger partial charge < -0.3 is 9.47 Å². The quantitative estimate of drug-likeness (QED) is 0.423. The van der Waals surface area contributed by atoms with Gasteiger partial charge in [0.15, 0.2) is 0 Å². The summed E-state index contributed by atoms with van der Waals surface area (Å²) in [5.74, 6) is -0.807. The van der Waals surface area contributed by atoms with Crippen LogP contribution < -0.4 is 0 Å². The highest BCUT2D eigenvalue weighted by Gasteiger charge is 2.39. The average Bonchev–Trinajstić information content (AvgIpc) is 2.64. The van der Waals surface area contributed by atoms with Gasteiger partial charge in [-0.05, 0) is 44.8 Å². The Balaban J connectivity index is 2.31. The van der Waals surface area contributed by atoms with Crippen LogP contribution in [0.25, 0.3) is 0 Å². The van der Waals surface area contributed by atoms with Gasteiger partial charge in [-0.1, -0.05) is 18.2 Å². The van der Waals surface area contributed by atoms with Gasteiger partial charge >= 0.3 is 11.9 Å². The molecule has 4 nitrogen and oxygen atoms in total. The highest BCUT2D eigenvalue weighted by molar-refractivity contribution is 5.91. The van der Waals surface area contributed by atoms with E-state index in [1.807, 2.05) is 19.9 Å². The van der Waals surface area contributed by atoms with E-state index in [1.54, 1.807) is 0 Å². The van der Waals surface area contributed by atoms with Crippen LogP contribution in [0.2, 0.25) is 0 Å². The van der Waals surface area contributed by atoms with E-state index in [-0.39, 0.29) is 30.1 Å². The van der Waals surface area contributed by atoms with Crippen molar-refractivity contribution in [1.82, 2.24) is 0 Å². The molecule has 21 heavy (non-hydrogen) atoms. The third-order valence-corrected chi connectivity index (χ3v) is 4.09. The van der Waals surface area contributed by atoms with Gasteiger partial charge in [0, 0.05) is 18.4 Å². The summed E-state index contributed by atoms with van der Waals surface area (Å²) in [6.07, 6.45) is 5.80. The zero-order valence-corrected chi connectivity index (χ0v) is 12.8. The molecule has 1 heterocycles. The first-order valence-electron chi connectivity index (χ1n) is 7.29. The average molecular weight is 290 g/mol. The van der Waals surface area contributed by atoms with E-state index in [9.17, 15) is 9.59 Å². The maximum atomic E-state index is 11.8. The zero-order chi connectivity index (χ0) is 15.6. The number of allylic oxidation sites excluding steroid dienone is 2. The summed E-state index contributed by atoms with van der Waals surface area (Å²) in [4.78, 5) is 23.1. The van der Waals surface area contributed by atoms with Gasteiger partial charge in [0.05, 0.1) is 0 Å². The second kappa shape index (κ2) is 6.29. The predicted molar refractivity (Wildman–Crippen MR) is 79.4 cm³/mol. The SMILES string of the molecule is C=C1C(=O)O[C@@H]2/C=C(\C)CC/C=C(\C)[C@@H](OC(C)=O)C[C@@H]12. The van der Waals surface area contributed by atoms with Crippen LogP contribution in [0.3, 0.4) is 0 Å². The second-order valence-corrected chi connectivity index (χ2v) is 5.84. The van der Waals surface area contributed by atoms with Crippen molar-refractivity contribution in [1.29, 1.82) is 0 Å². The smallest absolute Gasteiger partial charge is 0.334 e. The molecule has 1 saturated heterocycles. The molecule has 0 aromatic heterocycles. The molecule has 1 aliphatic heterocycles. The predicted octanol–water partition coefficient (Wildman–Crippen LogP) is 3.09. The molecule has 0 aromatic carbocycles. The third kappa shape index (κ3) is 3.63. The normalized spacial score (nSPS) is 34.9. The number of fused-ring (bicyclic) bond motifs is 1. The van der Waals surface area contributed by atoms with Crippen LogP contribution in [0.15, 0.2) is 35.5 Å². The topological polar surface area (TPSA) is 52.6 Å². The fourth-order valence-electron chi connectivity index (χ4n) is 2.84. The van der Waals surface area contributed by atoms with Gasteiger partial charge in [-0.25, -0.2) is 4.79 Å². The van der Waals surface area contributed by atoms with Crippen LogP contribution in [0.1, 0.15) is 40.0 Å². The zero-order valence-electron chi connectivity index (χ0n) is 12.8. The lowest BCUT2D eigenvalue weighted by molar-refractivity contribution is -0.145. The van der Waals surface area contributed by atoms with E-state index in [2.05, 4.69) is 12.7 Å². The molecule has 0 amide bonds. The van der Waals surface area contributed by atoms with Gasteiger partial charge in [0.25, 0.3) is 0 Å². The van der Waals surface area contributed by atoms with Crippen molar-refractivity contribution < 1.29 is 19.1 Å². The molecule has 3 atom stereocenters. The fourth-order valence-corrected chi connectivity index (χ4v) is 2.84. The lowest BCUT2D eigenvalue weighted by atomic mass is 9.86. The van der Waals surface area contributed by atoms with Crippen molar-refractivity contribution in [2.75, 3.05) is 0 Å². The van der Waals surface area contributed by atoms with E-state index in [0.717, 1.165) is 18.4 Å². The molecule has 114 valence electrons. The minimum Gasteiger partial charge on any atom is -0.458 e. The largest absolute Gasteiger partial charge is 0.458 e. The molecule has 1 fully saturated rings. The summed E-state index contributed by atoms with van der Waals surface area (Å²) < 4.78 is 10.8. The van der Waals surface area contributed by atoms with Gasteiger partial charge in [0.1, 0.15) is 12.2 Å². The van der Waals surface area contributed by atoms with E-state index < -0.39 is 0 Å². The van der Waals surface area contributed by atoms with Gasteiger partial charge in [-0.3, -0.25) is 4.79 Å². The van der Waals surface area contributed by atoms with Crippen LogP contribution in [-0.4, -0.2) is 24.1 Å². The number of esters is 2. The molecule has 4 heteroatoms. The van der Waals surface area contributed by atoms with E-state index in [0.29, 0.717) is 12.0 Å². The molecule has 0 radical (unpaired) electrons. The molecule has 2 rings (SSSR count). The molecular weight excluding hydrogens is 268 g/mol. The van der Waals surface area contributed by atoms with Gasteiger partial charge in [-0.15, -0.1) is 0 Å². The number of hydrogen-bond acceptors (Lipinski definition) is 4. The van der Waals surface area contributed by atoms with E-state index in [4.69, 9.17) is 9.47 Å². The second-order valence-electron chi connectivity index (χ2n) is 5.84. The van der Waals surface area contributed by atoms with Crippen molar-refractivity contribution in [3.63, 3.8) is 0 Å². The van der Waals surface area contributed by atoms with E-state index >= 15 is 0 Å². The van der Waals surface area contributed by atoms with Crippen LogP contribution in [-0.2, 0) is 19.1 Å². The number of carbonyl (C=O) groups is 2. The van der Waals surface area contributed by atoms with Crippen molar-refractivity contribution in [2.24, 2.45) is 5.92 Å². The number of ether oxygens (including phenoxy) is 2.